The summed E-state index contributed by atoms with van der Waals surface area (Å²) in [5.41, 5.74) is 0.611. The third-order valence-electron chi connectivity index (χ3n) is 1.95. The van der Waals surface area contributed by atoms with Crippen molar-refractivity contribution >= 4 is 39.7 Å². The summed E-state index contributed by atoms with van der Waals surface area (Å²) in [6.07, 6.45) is 0. The molecule has 0 atom stereocenters. The van der Waals surface area contributed by atoms with Crippen molar-refractivity contribution < 1.29 is 9.90 Å². The molecule has 0 aliphatic carbocycles. The molecule has 0 fully saturated rings. The number of thiophene rings is 1. The van der Waals surface area contributed by atoms with E-state index in [2.05, 4.69) is 0 Å². The van der Waals surface area contributed by atoms with Crippen LogP contribution in [0.25, 0.3) is 0 Å². The summed E-state index contributed by atoms with van der Waals surface area (Å²) in [6, 6.07) is 8.52. The zero-order valence-electron chi connectivity index (χ0n) is 7.61. The fraction of sp³-hybridized carbons (Fsp3) is 0. The average Bonchev–Trinajstić information content (AvgIpc) is 2.74. The normalized spacial score (nSPS) is 10.2. The SMILES string of the molecule is O=C(c1ccc(O)c(I)c1)c1cccs1. The lowest BCUT2D eigenvalue weighted by atomic mass is 10.1. The quantitative estimate of drug-likeness (QED) is 0.678. The van der Waals surface area contributed by atoms with Gasteiger partial charge in [0, 0.05) is 5.56 Å². The fourth-order valence-electron chi connectivity index (χ4n) is 1.20. The molecule has 0 saturated heterocycles. The number of carbonyl (C=O) groups excluding carboxylic acids is 1. The lowest BCUT2D eigenvalue weighted by molar-refractivity contribution is 0.104. The third kappa shape index (κ3) is 2.21. The minimum atomic E-state index is 0.00270. The zero-order valence-corrected chi connectivity index (χ0v) is 10.6. The van der Waals surface area contributed by atoms with Crippen LogP contribution in [0.2, 0.25) is 0 Å². The number of carbonyl (C=O) groups is 1. The molecule has 0 spiro atoms. The van der Waals surface area contributed by atoms with Crippen molar-refractivity contribution in [3.05, 3.63) is 49.7 Å². The molecule has 2 aromatic rings. The van der Waals surface area contributed by atoms with Crippen molar-refractivity contribution in [3.63, 3.8) is 0 Å². The molecule has 4 heteroatoms. The van der Waals surface area contributed by atoms with E-state index in [0.717, 1.165) is 4.88 Å². The second-order valence-corrected chi connectivity index (χ2v) is 5.08. The number of halogens is 1. The molecule has 0 amide bonds. The van der Waals surface area contributed by atoms with Crippen LogP contribution in [-0.4, -0.2) is 10.9 Å². The summed E-state index contributed by atoms with van der Waals surface area (Å²) >= 11 is 3.42. The Morgan fingerprint density at radius 1 is 1.33 bits per heavy atom. The number of aromatic hydroxyl groups is 1. The summed E-state index contributed by atoms with van der Waals surface area (Å²) in [5, 5.41) is 11.2. The highest BCUT2D eigenvalue weighted by atomic mass is 127. The molecule has 0 aliphatic rings. The Morgan fingerprint density at radius 3 is 2.73 bits per heavy atom. The lowest BCUT2D eigenvalue weighted by Gasteiger charge is -2.00. The molecule has 1 aromatic carbocycles. The van der Waals surface area contributed by atoms with Gasteiger partial charge in [-0.25, -0.2) is 0 Å². The van der Waals surface area contributed by atoms with Crippen LogP contribution < -0.4 is 0 Å². The van der Waals surface area contributed by atoms with E-state index in [1.54, 1.807) is 24.3 Å². The highest BCUT2D eigenvalue weighted by Crippen LogP contribution is 2.22. The minimum Gasteiger partial charge on any atom is -0.507 e. The van der Waals surface area contributed by atoms with Gasteiger partial charge in [0.25, 0.3) is 0 Å². The Kier molecular flexibility index (Phi) is 3.06. The highest BCUT2D eigenvalue weighted by Gasteiger charge is 2.11. The summed E-state index contributed by atoms with van der Waals surface area (Å²) in [5.74, 6) is 0.209. The van der Waals surface area contributed by atoms with E-state index in [4.69, 9.17) is 0 Å². The first-order valence-electron chi connectivity index (χ1n) is 4.25. The van der Waals surface area contributed by atoms with E-state index in [9.17, 15) is 9.90 Å². The van der Waals surface area contributed by atoms with Crippen LogP contribution >= 0.6 is 33.9 Å². The number of hydrogen-bond acceptors (Lipinski definition) is 3. The topological polar surface area (TPSA) is 37.3 Å². The van der Waals surface area contributed by atoms with Gasteiger partial charge in [0.05, 0.1) is 8.45 Å². The Bertz CT molecular complexity index is 491. The molecule has 2 nitrogen and oxygen atoms in total. The van der Waals surface area contributed by atoms with Gasteiger partial charge < -0.3 is 5.11 Å². The summed E-state index contributed by atoms with van der Waals surface area (Å²) in [7, 11) is 0. The van der Waals surface area contributed by atoms with Gasteiger partial charge in [-0.1, -0.05) is 6.07 Å². The Morgan fingerprint density at radius 2 is 2.13 bits per heavy atom. The molecule has 1 N–H and O–H groups in total. The maximum atomic E-state index is 11.9. The summed E-state index contributed by atoms with van der Waals surface area (Å²) in [6.45, 7) is 0. The Hall–Kier alpha value is -0.880. The number of phenols is 1. The van der Waals surface area contributed by atoms with Gasteiger partial charge in [-0.3, -0.25) is 4.79 Å². The van der Waals surface area contributed by atoms with Crippen molar-refractivity contribution in [2.24, 2.45) is 0 Å². The number of benzene rings is 1. The molecule has 0 unspecified atom stereocenters. The van der Waals surface area contributed by atoms with E-state index < -0.39 is 0 Å². The van der Waals surface area contributed by atoms with Crippen LogP contribution in [0.15, 0.2) is 35.7 Å². The Labute approximate surface area is 105 Å². The van der Waals surface area contributed by atoms with E-state index in [0.29, 0.717) is 9.13 Å². The van der Waals surface area contributed by atoms with E-state index >= 15 is 0 Å². The molecule has 2 rings (SSSR count). The van der Waals surface area contributed by atoms with Gasteiger partial charge in [-0.15, -0.1) is 11.3 Å². The molecule has 0 aliphatic heterocycles. The maximum absolute atomic E-state index is 11.9. The van der Waals surface area contributed by atoms with Crippen molar-refractivity contribution in [2.75, 3.05) is 0 Å². The predicted molar refractivity (Wildman–Crippen MR) is 68.6 cm³/mol. The van der Waals surface area contributed by atoms with Crippen LogP contribution in [0.5, 0.6) is 5.75 Å². The van der Waals surface area contributed by atoms with Crippen LogP contribution in [0.4, 0.5) is 0 Å². The summed E-state index contributed by atoms with van der Waals surface area (Å²) in [4.78, 5) is 12.6. The van der Waals surface area contributed by atoms with Crippen LogP contribution in [0, 0.1) is 3.57 Å². The van der Waals surface area contributed by atoms with Crippen LogP contribution in [0.1, 0.15) is 15.2 Å². The van der Waals surface area contributed by atoms with E-state index in [1.165, 1.54) is 11.3 Å². The molecule has 1 heterocycles. The second kappa shape index (κ2) is 4.32. The van der Waals surface area contributed by atoms with Crippen molar-refractivity contribution in [2.45, 2.75) is 0 Å². The molecule has 0 radical (unpaired) electrons. The average molecular weight is 330 g/mol. The first kappa shape index (κ1) is 10.6. The van der Waals surface area contributed by atoms with Gasteiger partial charge in [0.2, 0.25) is 5.78 Å². The standard InChI is InChI=1S/C11H7IO2S/c12-8-6-7(3-4-9(8)13)11(14)10-2-1-5-15-10/h1-6,13H. The number of ketones is 1. The molecule has 15 heavy (non-hydrogen) atoms. The summed E-state index contributed by atoms with van der Waals surface area (Å²) < 4.78 is 0.690. The zero-order chi connectivity index (χ0) is 10.8. The molecular weight excluding hydrogens is 323 g/mol. The first-order valence-corrected chi connectivity index (χ1v) is 6.21. The monoisotopic (exact) mass is 330 g/mol. The molecule has 1 aromatic heterocycles. The number of phenolic OH excluding ortho intramolecular Hbond substituents is 1. The number of hydrogen-bond donors (Lipinski definition) is 1. The van der Waals surface area contributed by atoms with Crippen LogP contribution in [-0.2, 0) is 0 Å². The predicted octanol–water partition coefficient (Wildman–Crippen LogP) is 3.29. The van der Waals surface area contributed by atoms with Gasteiger partial charge >= 0.3 is 0 Å². The molecule has 76 valence electrons. The van der Waals surface area contributed by atoms with Gasteiger partial charge in [0.15, 0.2) is 0 Å². The smallest absolute Gasteiger partial charge is 0.202 e. The molecule has 0 bridgehead atoms. The van der Waals surface area contributed by atoms with Crippen molar-refractivity contribution in [1.82, 2.24) is 0 Å². The molecular formula is C11H7IO2S. The van der Waals surface area contributed by atoms with E-state index in [-0.39, 0.29) is 11.5 Å². The lowest BCUT2D eigenvalue weighted by Crippen LogP contribution is -1.98. The number of rotatable bonds is 2. The van der Waals surface area contributed by atoms with Gasteiger partial charge in [-0.2, -0.15) is 0 Å². The van der Waals surface area contributed by atoms with E-state index in [1.807, 2.05) is 34.0 Å². The Balaban J connectivity index is 2.39. The van der Waals surface area contributed by atoms with Gasteiger partial charge in [-0.05, 0) is 52.2 Å². The largest absolute Gasteiger partial charge is 0.507 e. The minimum absolute atomic E-state index is 0.00270. The first-order chi connectivity index (χ1) is 7.18. The highest BCUT2D eigenvalue weighted by molar-refractivity contribution is 14.1. The maximum Gasteiger partial charge on any atom is 0.202 e. The third-order valence-corrected chi connectivity index (χ3v) is 3.69. The van der Waals surface area contributed by atoms with Crippen LogP contribution in [0.3, 0.4) is 0 Å². The molecule has 0 saturated carbocycles. The van der Waals surface area contributed by atoms with Crippen molar-refractivity contribution in [1.29, 1.82) is 0 Å². The van der Waals surface area contributed by atoms with Gasteiger partial charge in [0.1, 0.15) is 5.75 Å². The van der Waals surface area contributed by atoms with Crippen molar-refractivity contribution in [3.8, 4) is 5.75 Å². The second-order valence-electron chi connectivity index (χ2n) is 2.97. The fourth-order valence-corrected chi connectivity index (χ4v) is 2.40.